The lowest BCUT2D eigenvalue weighted by Gasteiger charge is -2.11. The van der Waals surface area contributed by atoms with Crippen molar-refractivity contribution in [2.24, 2.45) is 0 Å². The maximum absolute atomic E-state index is 12.3. The van der Waals surface area contributed by atoms with Crippen molar-refractivity contribution in [1.82, 2.24) is 0 Å². The largest absolute Gasteiger partial charge is 0.495 e. The normalized spacial score (nSPS) is 10.8. The van der Waals surface area contributed by atoms with Crippen molar-refractivity contribution >= 4 is 40.8 Å². The Hall–Kier alpha value is -3.27. The van der Waals surface area contributed by atoms with E-state index in [1.165, 1.54) is 37.4 Å². The molecule has 154 valence electrons. The highest BCUT2D eigenvalue weighted by Gasteiger charge is 2.38. The van der Waals surface area contributed by atoms with Crippen LogP contribution in [0.5, 0.6) is 5.75 Å². The number of alkyl halides is 3. The molecule has 0 aromatic heterocycles. The minimum atomic E-state index is -5.07. The van der Waals surface area contributed by atoms with E-state index in [9.17, 15) is 27.6 Å². The molecule has 0 saturated carbocycles. The summed E-state index contributed by atoms with van der Waals surface area (Å²) in [5, 5.41) is 4.41. The maximum Gasteiger partial charge on any atom is 0.471 e. The maximum atomic E-state index is 12.3. The zero-order valence-electron chi connectivity index (χ0n) is 14.8. The minimum absolute atomic E-state index is 0.155. The Labute approximate surface area is 167 Å². The molecule has 2 aromatic rings. The van der Waals surface area contributed by atoms with Gasteiger partial charge < -0.3 is 20.1 Å². The zero-order chi connectivity index (χ0) is 21.6. The van der Waals surface area contributed by atoms with Gasteiger partial charge >= 0.3 is 18.1 Å². The highest BCUT2D eigenvalue weighted by Crippen LogP contribution is 2.27. The quantitative estimate of drug-likeness (QED) is 0.682. The summed E-state index contributed by atoms with van der Waals surface area (Å²) in [6.07, 6.45) is -5.07. The molecule has 2 aromatic carbocycles. The molecule has 0 unspecified atom stereocenters. The Balaban J connectivity index is 1.97. The van der Waals surface area contributed by atoms with Crippen molar-refractivity contribution in [3.63, 3.8) is 0 Å². The van der Waals surface area contributed by atoms with Gasteiger partial charge in [0.05, 0.1) is 18.4 Å². The van der Waals surface area contributed by atoms with Gasteiger partial charge in [-0.25, -0.2) is 4.79 Å². The molecule has 0 fully saturated rings. The number of amides is 2. The predicted octanol–water partition coefficient (Wildman–Crippen LogP) is 3.64. The number of hydrogen-bond donors (Lipinski definition) is 2. The molecule has 0 aliphatic heterocycles. The fourth-order valence-corrected chi connectivity index (χ4v) is 2.28. The van der Waals surface area contributed by atoms with Crippen LogP contribution < -0.4 is 15.4 Å². The van der Waals surface area contributed by atoms with E-state index in [0.717, 1.165) is 6.07 Å². The predicted molar refractivity (Wildman–Crippen MR) is 98.0 cm³/mol. The third-order valence-corrected chi connectivity index (χ3v) is 3.62. The first-order valence-corrected chi connectivity index (χ1v) is 8.26. The average Bonchev–Trinajstić information content (AvgIpc) is 2.65. The summed E-state index contributed by atoms with van der Waals surface area (Å²) in [5.74, 6) is -3.51. The molecule has 2 rings (SSSR count). The third-order valence-electron chi connectivity index (χ3n) is 3.38. The molecule has 0 spiro atoms. The zero-order valence-corrected chi connectivity index (χ0v) is 15.6. The first-order chi connectivity index (χ1) is 13.6. The Morgan fingerprint density at radius 1 is 1.07 bits per heavy atom. The first-order valence-electron chi connectivity index (χ1n) is 7.89. The van der Waals surface area contributed by atoms with E-state index in [-0.39, 0.29) is 16.9 Å². The number of benzene rings is 2. The highest BCUT2D eigenvalue weighted by atomic mass is 35.5. The lowest BCUT2D eigenvalue weighted by atomic mass is 10.2. The number of ether oxygens (including phenoxy) is 2. The van der Waals surface area contributed by atoms with E-state index >= 15 is 0 Å². The highest BCUT2D eigenvalue weighted by molar-refractivity contribution is 6.31. The number of methoxy groups -OCH3 is 1. The first kappa shape index (κ1) is 22.0. The molecule has 0 atom stereocenters. The number of nitrogens with one attached hydrogen (secondary N) is 2. The Morgan fingerprint density at radius 2 is 1.79 bits per heavy atom. The number of carbonyl (C=O) groups is 3. The van der Waals surface area contributed by atoms with Crippen LogP contribution in [0.3, 0.4) is 0 Å². The smallest absolute Gasteiger partial charge is 0.471 e. The third kappa shape index (κ3) is 6.39. The molecule has 7 nitrogen and oxygen atoms in total. The molecular formula is C18H14ClF3N2O5. The van der Waals surface area contributed by atoms with Crippen molar-refractivity contribution in [2.45, 2.75) is 6.18 Å². The van der Waals surface area contributed by atoms with Gasteiger partial charge in [0.1, 0.15) is 5.75 Å². The fourth-order valence-electron chi connectivity index (χ4n) is 2.10. The van der Waals surface area contributed by atoms with Gasteiger partial charge in [-0.15, -0.1) is 0 Å². The van der Waals surface area contributed by atoms with Gasteiger partial charge in [-0.3, -0.25) is 9.59 Å². The summed E-state index contributed by atoms with van der Waals surface area (Å²) in [6, 6.07) is 9.18. The molecule has 0 saturated heterocycles. The van der Waals surface area contributed by atoms with E-state index in [4.69, 9.17) is 21.1 Å². The van der Waals surface area contributed by atoms with Gasteiger partial charge in [0, 0.05) is 10.7 Å². The molecule has 11 heteroatoms. The van der Waals surface area contributed by atoms with Crippen LogP contribution in [0.4, 0.5) is 24.5 Å². The van der Waals surface area contributed by atoms with Gasteiger partial charge in [0.2, 0.25) is 0 Å². The molecule has 2 N–H and O–H groups in total. The van der Waals surface area contributed by atoms with Crippen LogP contribution in [0.2, 0.25) is 5.02 Å². The molecule has 0 heterocycles. The number of hydrogen-bond acceptors (Lipinski definition) is 5. The molecule has 0 bridgehead atoms. The van der Waals surface area contributed by atoms with Gasteiger partial charge in [0.25, 0.3) is 5.91 Å². The standard InChI is InChI=1S/C18H14ClF3N2O5/c1-28-14-6-5-11(19)8-13(14)24-15(25)9-29-16(26)10-3-2-4-12(7-10)23-17(27)18(20,21)22/h2-8H,9H2,1H3,(H,23,27)(H,24,25). The average molecular weight is 431 g/mol. The summed E-state index contributed by atoms with van der Waals surface area (Å²) < 4.78 is 46.8. The number of rotatable bonds is 6. The van der Waals surface area contributed by atoms with Crippen molar-refractivity contribution in [3.8, 4) is 5.75 Å². The second kappa shape index (κ2) is 9.28. The second-order valence-corrected chi connectivity index (χ2v) is 5.94. The summed E-state index contributed by atoms with van der Waals surface area (Å²) in [6.45, 7) is -0.673. The van der Waals surface area contributed by atoms with Crippen molar-refractivity contribution in [3.05, 3.63) is 53.1 Å². The molecule has 29 heavy (non-hydrogen) atoms. The molecule has 0 radical (unpaired) electrons. The van der Waals surface area contributed by atoms with Crippen LogP contribution in [-0.4, -0.2) is 37.7 Å². The number of esters is 1. The number of anilines is 2. The lowest BCUT2D eigenvalue weighted by Crippen LogP contribution is -2.30. The van der Waals surface area contributed by atoms with E-state index < -0.39 is 30.6 Å². The Bertz CT molecular complexity index is 934. The summed E-state index contributed by atoms with van der Waals surface area (Å²) in [7, 11) is 1.39. The molecule has 0 aliphatic rings. The van der Waals surface area contributed by atoms with Crippen molar-refractivity contribution < 1.29 is 37.0 Å². The van der Waals surface area contributed by atoms with Crippen molar-refractivity contribution in [2.75, 3.05) is 24.4 Å². The van der Waals surface area contributed by atoms with Gasteiger partial charge in [-0.05, 0) is 36.4 Å². The SMILES string of the molecule is COc1ccc(Cl)cc1NC(=O)COC(=O)c1cccc(NC(=O)C(F)(F)F)c1. The van der Waals surface area contributed by atoms with Crippen LogP contribution in [0.1, 0.15) is 10.4 Å². The summed E-state index contributed by atoms with van der Waals surface area (Å²) >= 11 is 5.85. The summed E-state index contributed by atoms with van der Waals surface area (Å²) in [4.78, 5) is 35.0. The summed E-state index contributed by atoms with van der Waals surface area (Å²) in [5.41, 5.74) is -0.147. The van der Waals surface area contributed by atoms with Crippen LogP contribution in [-0.2, 0) is 14.3 Å². The van der Waals surface area contributed by atoms with Crippen LogP contribution in [0, 0.1) is 0 Å². The fraction of sp³-hybridized carbons (Fsp3) is 0.167. The topological polar surface area (TPSA) is 93.7 Å². The van der Waals surface area contributed by atoms with E-state index in [0.29, 0.717) is 10.8 Å². The van der Waals surface area contributed by atoms with Gasteiger partial charge in [0.15, 0.2) is 6.61 Å². The van der Waals surface area contributed by atoms with E-state index in [1.807, 2.05) is 0 Å². The van der Waals surface area contributed by atoms with Gasteiger partial charge in [-0.1, -0.05) is 17.7 Å². The van der Waals surface area contributed by atoms with Crippen LogP contribution in [0.25, 0.3) is 0 Å². The molecule has 0 aliphatic carbocycles. The Kier molecular flexibility index (Phi) is 7.05. The lowest BCUT2D eigenvalue weighted by molar-refractivity contribution is -0.167. The molecular weight excluding hydrogens is 417 g/mol. The Morgan fingerprint density at radius 3 is 2.45 bits per heavy atom. The second-order valence-electron chi connectivity index (χ2n) is 5.50. The van der Waals surface area contributed by atoms with Crippen molar-refractivity contribution in [1.29, 1.82) is 0 Å². The van der Waals surface area contributed by atoms with Crippen LogP contribution >= 0.6 is 11.6 Å². The van der Waals surface area contributed by atoms with Gasteiger partial charge in [-0.2, -0.15) is 13.2 Å². The van der Waals surface area contributed by atoms with E-state index in [2.05, 4.69) is 5.32 Å². The number of carbonyl (C=O) groups excluding carboxylic acids is 3. The number of halogens is 4. The monoisotopic (exact) mass is 430 g/mol. The van der Waals surface area contributed by atoms with Crippen LogP contribution in [0.15, 0.2) is 42.5 Å². The van der Waals surface area contributed by atoms with E-state index in [1.54, 1.807) is 11.4 Å². The minimum Gasteiger partial charge on any atom is -0.495 e. The molecule has 2 amide bonds.